The second-order valence-corrected chi connectivity index (χ2v) is 6.31. The lowest BCUT2D eigenvalue weighted by Crippen LogP contribution is -2.55. The largest absolute Gasteiger partial charge is 0.465 e. The minimum absolute atomic E-state index is 0.128. The molecule has 2 heterocycles. The maximum Gasteiger partial charge on any atom is 0.407 e. The average Bonchev–Trinajstić information content (AvgIpc) is 2.67. The first-order valence-corrected chi connectivity index (χ1v) is 8.57. The van der Waals surface area contributed by atoms with Crippen LogP contribution in [0.1, 0.15) is 12.8 Å². The number of benzene rings is 1. The van der Waals surface area contributed by atoms with Gasteiger partial charge in [0.2, 0.25) is 0 Å². The third kappa shape index (κ3) is 3.83. The topological polar surface area (TPSA) is 99.8 Å². The fraction of sp³-hybridized carbons (Fsp3) is 0.316. The molecule has 0 aliphatic carbocycles. The number of carboxylic acid groups (broad SMARTS) is 1. The van der Waals surface area contributed by atoms with E-state index in [1.807, 2.05) is 53.6 Å². The second kappa shape index (κ2) is 7.97. The number of nitrogens with two attached hydrogens (primary N) is 1. The molecule has 0 saturated carbocycles. The molecule has 1 aromatic heterocycles. The lowest BCUT2D eigenvalue weighted by atomic mass is 10.0. The van der Waals surface area contributed by atoms with Gasteiger partial charge in [-0.15, -0.1) is 0 Å². The summed E-state index contributed by atoms with van der Waals surface area (Å²) < 4.78 is 0. The van der Waals surface area contributed by atoms with Crippen LogP contribution in [0.25, 0.3) is 11.1 Å². The van der Waals surface area contributed by atoms with Crippen LogP contribution in [-0.4, -0.2) is 52.7 Å². The van der Waals surface area contributed by atoms with Crippen molar-refractivity contribution in [2.45, 2.75) is 25.0 Å². The van der Waals surface area contributed by atoms with Crippen LogP contribution in [0.4, 0.5) is 10.6 Å². The van der Waals surface area contributed by atoms with Gasteiger partial charge in [-0.3, -0.25) is 4.90 Å². The summed E-state index contributed by atoms with van der Waals surface area (Å²) in [5.41, 5.74) is 8.39. The van der Waals surface area contributed by atoms with Crippen LogP contribution in [0.3, 0.4) is 0 Å². The van der Waals surface area contributed by atoms with Crippen LogP contribution in [0.5, 0.6) is 0 Å². The highest BCUT2D eigenvalue weighted by Gasteiger charge is 2.32. The number of hydrogen-bond donors (Lipinski definition) is 2. The zero-order chi connectivity index (χ0) is 18.5. The van der Waals surface area contributed by atoms with Crippen molar-refractivity contribution in [3.63, 3.8) is 0 Å². The Kier molecular flexibility index (Phi) is 5.48. The lowest BCUT2D eigenvalue weighted by molar-refractivity contribution is -0.109. The van der Waals surface area contributed by atoms with Gasteiger partial charge in [-0.25, -0.2) is 9.78 Å². The molecule has 7 nitrogen and oxygen atoms in total. The summed E-state index contributed by atoms with van der Waals surface area (Å²) in [6.07, 6.45) is 2.05. The van der Waals surface area contributed by atoms with E-state index in [4.69, 9.17) is 5.73 Å². The predicted molar refractivity (Wildman–Crippen MR) is 98.8 cm³/mol. The highest BCUT2D eigenvalue weighted by Crippen LogP contribution is 2.26. The SMILES string of the molecule is NC1CC(N(CC=O)C(=O)O)CCN1c1ccc(-c2ccccc2)cn1. The van der Waals surface area contributed by atoms with Gasteiger partial charge in [-0.05, 0) is 24.1 Å². The summed E-state index contributed by atoms with van der Waals surface area (Å²) in [5, 5.41) is 9.26. The molecular formula is C19H22N4O3. The molecule has 1 fully saturated rings. The van der Waals surface area contributed by atoms with E-state index in [9.17, 15) is 14.7 Å². The minimum Gasteiger partial charge on any atom is -0.465 e. The summed E-state index contributed by atoms with van der Waals surface area (Å²) >= 11 is 0. The zero-order valence-corrected chi connectivity index (χ0v) is 14.4. The van der Waals surface area contributed by atoms with E-state index < -0.39 is 6.09 Å². The van der Waals surface area contributed by atoms with Crippen molar-refractivity contribution >= 4 is 18.2 Å². The number of anilines is 1. The maximum atomic E-state index is 11.3. The third-order valence-electron chi connectivity index (χ3n) is 4.72. The van der Waals surface area contributed by atoms with Gasteiger partial charge in [0.15, 0.2) is 0 Å². The monoisotopic (exact) mass is 354 g/mol. The van der Waals surface area contributed by atoms with Crippen molar-refractivity contribution in [2.75, 3.05) is 18.0 Å². The van der Waals surface area contributed by atoms with Gasteiger partial charge in [-0.1, -0.05) is 30.3 Å². The molecule has 3 N–H and O–H groups in total. The molecule has 0 spiro atoms. The molecule has 2 aromatic rings. The summed E-state index contributed by atoms with van der Waals surface area (Å²) in [7, 11) is 0. The first kappa shape index (κ1) is 17.9. The summed E-state index contributed by atoms with van der Waals surface area (Å²) in [4.78, 5) is 29.7. The van der Waals surface area contributed by atoms with Crippen LogP contribution in [-0.2, 0) is 4.79 Å². The average molecular weight is 354 g/mol. The first-order valence-electron chi connectivity index (χ1n) is 8.57. The molecule has 3 rings (SSSR count). The maximum absolute atomic E-state index is 11.3. The highest BCUT2D eigenvalue weighted by molar-refractivity contribution is 5.70. The Bertz CT molecular complexity index is 751. The molecule has 136 valence electrons. The standard InChI is InChI=1S/C19H22N4O3/c20-17-12-16(22(10-11-24)19(25)26)8-9-23(17)18-7-6-15(13-21-18)14-4-2-1-3-5-14/h1-7,11,13,16-17H,8-10,12,20H2,(H,25,26). The number of hydrogen-bond acceptors (Lipinski definition) is 5. The number of nitrogens with zero attached hydrogens (tertiary/aromatic N) is 3. The predicted octanol–water partition coefficient (Wildman–Crippen LogP) is 2.18. The Morgan fingerprint density at radius 1 is 1.27 bits per heavy atom. The van der Waals surface area contributed by atoms with Gasteiger partial charge >= 0.3 is 6.09 Å². The molecule has 2 atom stereocenters. The summed E-state index contributed by atoms with van der Waals surface area (Å²) in [5.74, 6) is 0.771. The fourth-order valence-electron chi connectivity index (χ4n) is 3.37. The minimum atomic E-state index is -1.09. The number of carbonyl (C=O) groups excluding carboxylic acids is 1. The normalized spacial score (nSPS) is 19.8. The van der Waals surface area contributed by atoms with Gasteiger partial charge in [0.05, 0.1) is 12.7 Å². The molecule has 1 aliphatic rings. The lowest BCUT2D eigenvalue weighted by Gasteiger charge is -2.41. The number of amides is 1. The molecule has 1 aliphatic heterocycles. The molecule has 26 heavy (non-hydrogen) atoms. The van der Waals surface area contributed by atoms with E-state index in [1.54, 1.807) is 0 Å². The van der Waals surface area contributed by atoms with Gasteiger partial charge in [-0.2, -0.15) is 0 Å². The Balaban J connectivity index is 1.69. The van der Waals surface area contributed by atoms with E-state index in [1.165, 1.54) is 0 Å². The van der Waals surface area contributed by atoms with Crippen LogP contribution >= 0.6 is 0 Å². The van der Waals surface area contributed by atoms with E-state index >= 15 is 0 Å². The van der Waals surface area contributed by atoms with Crippen LogP contribution in [0.2, 0.25) is 0 Å². The van der Waals surface area contributed by atoms with Gasteiger partial charge < -0.3 is 20.5 Å². The molecule has 1 aromatic carbocycles. The molecule has 2 unspecified atom stereocenters. The van der Waals surface area contributed by atoms with E-state index in [-0.39, 0.29) is 18.8 Å². The van der Waals surface area contributed by atoms with E-state index in [0.717, 1.165) is 21.8 Å². The van der Waals surface area contributed by atoms with E-state index in [0.29, 0.717) is 25.7 Å². The van der Waals surface area contributed by atoms with Gasteiger partial charge in [0.1, 0.15) is 12.1 Å². The molecule has 1 saturated heterocycles. The summed E-state index contributed by atoms with van der Waals surface area (Å²) in [6.45, 7) is 0.461. The van der Waals surface area contributed by atoms with Crippen LogP contribution < -0.4 is 10.6 Å². The number of rotatable bonds is 5. The van der Waals surface area contributed by atoms with Crippen molar-refractivity contribution in [1.82, 2.24) is 9.88 Å². The number of aromatic nitrogens is 1. The Morgan fingerprint density at radius 3 is 2.62 bits per heavy atom. The Hall–Kier alpha value is -2.93. The molecule has 7 heteroatoms. The molecular weight excluding hydrogens is 332 g/mol. The Labute approximate surface area is 152 Å². The smallest absolute Gasteiger partial charge is 0.407 e. The second-order valence-electron chi connectivity index (χ2n) is 6.31. The van der Waals surface area contributed by atoms with Crippen molar-refractivity contribution in [2.24, 2.45) is 5.73 Å². The van der Waals surface area contributed by atoms with Gasteiger partial charge in [0.25, 0.3) is 0 Å². The van der Waals surface area contributed by atoms with Gasteiger partial charge in [0, 0.05) is 30.8 Å². The molecule has 1 amide bonds. The van der Waals surface area contributed by atoms with Crippen molar-refractivity contribution in [1.29, 1.82) is 0 Å². The Morgan fingerprint density at radius 2 is 2.04 bits per heavy atom. The molecule has 0 bridgehead atoms. The first-order chi connectivity index (χ1) is 12.6. The summed E-state index contributed by atoms with van der Waals surface area (Å²) in [6, 6.07) is 13.7. The number of pyridine rings is 1. The van der Waals surface area contributed by atoms with Crippen LogP contribution in [0.15, 0.2) is 48.7 Å². The number of piperidine rings is 1. The van der Waals surface area contributed by atoms with E-state index in [2.05, 4.69) is 4.98 Å². The number of carbonyl (C=O) groups is 2. The highest BCUT2D eigenvalue weighted by atomic mass is 16.4. The quantitative estimate of drug-likeness (QED) is 0.799. The van der Waals surface area contributed by atoms with Crippen molar-refractivity contribution in [3.8, 4) is 11.1 Å². The van der Waals surface area contributed by atoms with Crippen molar-refractivity contribution < 1.29 is 14.7 Å². The molecule has 0 radical (unpaired) electrons. The zero-order valence-electron chi connectivity index (χ0n) is 14.4. The number of aldehydes is 1. The third-order valence-corrected chi connectivity index (χ3v) is 4.72. The fourth-order valence-corrected chi connectivity index (χ4v) is 3.37. The van der Waals surface area contributed by atoms with Crippen LogP contribution in [0, 0.1) is 0 Å². The van der Waals surface area contributed by atoms with Crippen molar-refractivity contribution in [3.05, 3.63) is 48.7 Å².